The SMILES string of the molecule is CO[Si](C)(CCCCCCCC(F)(F)F)O[Si](C)(C)C. The first-order valence-corrected chi connectivity index (χ1v) is 13.2. The molecular formula is C13H29F3O2Si2. The second-order valence-electron chi connectivity index (χ2n) is 6.44. The van der Waals surface area contributed by atoms with Crippen LogP contribution in [0.3, 0.4) is 0 Å². The molecule has 0 saturated heterocycles. The molecule has 0 bridgehead atoms. The van der Waals surface area contributed by atoms with E-state index in [1.165, 1.54) is 0 Å². The summed E-state index contributed by atoms with van der Waals surface area (Å²) >= 11 is 0. The Kier molecular flexibility index (Phi) is 8.61. The third-order valence-corrected chi connectivity index (χ3v) is 9.35. The summed E-state index contributed by atoms with van der Waals surface area (Å²) in [7, 11) is -1.98. The lowest BCUT2D eigenvalue weighted by Crippen LogP contribution is -2.46. The summed E-state index contributed by atoms with van der Waals surface area (Å²) in [5.74, 6) is 0. The van der Waals surface area contributed by atoms with Gasteiger partial charge in [-0.15, -0.1) is 0 Å². The summed E-state index contributed by atoms with van der Waals surface area (Å²) in [6.45, 7) is 8.52. The minimum Gasteiger partial charge on any atom is -0.436 e. The molecule has 0 radical (unpaired) electrons. The number of hydrogen-bond donors (Lipinski definition) is 0. The van der Waals surface area contributed by atoms with Crippen LogP contribution in [-0.4, -0.2) is 30.2 Å². The van der Waals surface area contributed by atoms with Gasteiger partial charge in [-0.25, -0.2) is 0 Å². The van der Waals surface area contributed by atoms with Gasteiger partial charge in [-0.3, -0.25) is 0 Å². The molecule has 0 aliphatic rings. The zero-order chi connectivity index (χ0) is 15.9. The molecule has 0 spiro atoms. The van der Waals surface area contributed by atoms with E-state index >= 15 is 0 Å². The van der Waals surface area contributed by atoms with Crippen molar-refractivity contribution in [2.24, 2.45) is 0 Å². The Labute approximate surface area is 123 Å². The average Bonchev–Trinajstić information content (AvgIpc) is 2.24. The molecule has 20 heavy (non-hydrogen) atoms. The molecule has 0 aromatic heterocycles. The molecule has 0 rings (SSSR count). The Hall–Kier alpha value is 0.144. The lowest BCUT2D eigenvalue weighted by atomic mass is 10.1. The second kappa shape index (κ2) is 8.55. The minimum atomic E-state index is -4.01. The number of halogens is 3. The minimum absolute atomic E-state index is 0.244. The van der Waals surface area contributed by atoms with Crippen LogP contribution in [0.4, 0.5) is 13.2 Å². The van der Waals surface area contributed by atoms with Gasteiger partial charge >= 0.3 is 14.7 Å². The van der Waals surface area contributed by atoms with E-state index in [4.69, 9.17) is 8.54 Å². The van der Waals surface area contributed by atoms with Gasteiger partial charge in [0.2, 0.25) is 0 Å². The summed E-state index contributed by atoms with van der Waals surface area (Å²) in [5.41, 5.74) is 0. The lowest BCUT2D eigenvalue weighted by Gasteiger charge is -2.32. The fourth-order valence-corrected chi connectivity index (χ4v) is 9.16. The Morgan fingerprint density at radius 3 is 1.80 bits per heavy atom. The van der Waals surface area contributed by atoms with Gasteiger partial charge in [-0.05, 0) is 38.7 Å². The predicted molar refractivity (Wildman–Crippen MR) is 81.6 cm³/mol. The molecule has 122 valence electrons. The van der Waals surface area contributed by atoms with E-state index in [9.17, 15) is 13.2 Å². The van der Waals surface area contributed by atoms with E-state index < -0.39 is 29.5 Å². The van der Waals surface area contributed by atoms with Crippen molar-refractivity contribution in [3.05, 3.63) is 0 Å². The Morgan fingerprint density at radius 1 is 0.850 bits per heavy atom. The van der Waals surface area contributed by atoms with Crippen LogP contribution in [0, 0.1) is 0 Å². The van der Waals surface area contributed by atoms with Crippen molar-refractivity contribution in [2.45, 2.75) is 76.9 Å². The molecule has 0 saturated carbocycles. The Balaban J connectivity index is 3.76. The standard InChI is InChI=1S/C13H29F3O2Si2/c1-17-20(5,18-19(2,3)4)12-10-8-6-7-9-11-13(14,15)16/h6-12H2,1-5H3. The van der Waals surface area contributed by atoms with Crippen LogP contribution >= 0.6 is 0 Å². The fraction of sp³-hybridized carbons (Fsp3) is 1.00. The molecule has 0 fully saturated rings. The third-order valence-electron chi connectivity index (χ3n) is 3.05. The van der Waals surface area contributed by atoms with E-state index in [2.05, 4.69) is 26.2 Å². The van der Waals surface area contributed by atoms with E-state index in [-0.39, 0.29) is 6.42 Å². The van der Waals surface area contributed by atoms with Crippen molar-refractivity contribution < 1.29 is 21.7 Å². The molecule has 0 aliphatic carbocycles. The van der Waals surface area contributed by atoms with Crippen molar-refractivity contribution >= 4 is 16.9 Å². The summed E-state index contributed by atoms with van der Waals surface area (Å²) in [6.07, 6.45) is -0.973. The van der Waals surface area contributed by atoms with E-state index in [0.29, 0.717) is 6.42 Å². The van der Waals surface area contributed by atoms with Crippen molar-refractivity contribution in [1.82, 2.24) is 0 Å². The Bertz CT molecular complexity index is 267. The van der Waals surface area contributed by atoms with Crippen LogP contribution < -0.4 is 0 Å². The molecule has 2 nitrogen and oxygen atoms in total. The normalized spacial score (nSPS) is 16.2. The molecule has 0 aromatic carbocycles. The van der Waals surface area contributed by atoms with Gasteiger partial charge in [0.25, 0.3) is 0 Å². The van der Waals surface area contributed by atoms with E-state index in [1.807, 2.05) is 0 Å². The molecule has 0 aliphatic heterocycles. The maximum Gasteiger partial charge on any atom is 0.389 e. The molecular weight excluding hydrogens is 301 g/mol. The fourth-order valence-electron chi connectivity index (χ4n) is 2.14. The monoisotopic (exact) mass is 330 g/mol. The topological polar surface area (TPSA) is 18.5 Å². The largest absolute Gasteiger partial charge is 0.436 e. The summed E-state index contributed by atoms with van der Waals surface area (Å²) in [6, 6.07) is 0.924. The lowest BCUT2D eigenvalue weighted by molar-refractivity contribution is -0.135. The van der Waals surface area contributed by atoms with Crippen molar-refractivity contribution in [2.75, 3.05) is 7.11 Å². The number of rotatable bonds is 10. The maximum atomic E-state index is 12.0. The molecule has 0 N–H and O–H groups in total. The molecule has 1 unspecified atom stereocenters. The number of alkyl halides is 3. The highest BCUT2D eigenvalue weighted by Gasteiger charge is 2.34. The van der Waals surface area contributed by atoms with Crippen LogP contribution in [0.1, 0.15) is 38.5 Å². The van der Waals surface area contributed by atoms with Crippen LogP contribution in [-0.2, 0) is 8.54 Å². The highest BCUT2D eigenvalue weighted by atomic mass is 28.4. The summed E-state index contributed by atoms with van der Waals surface area (Å²) in [4.78, 5) is 0. The molecule has 7 heteroatoms. The van der Waals surface area contributed by atoms with Crippen LogP contribution in [0.2, 0.25) is 32.2 Å². The maximum absolute atomic E-state index is 12.0. The van der Waals surface area contributed by atoms with E-state index in [0.717, 1.165) is 25.3 Å². The van der Waals surface area contributed by atoms with Crippen molar-refractivity contribution in [3.8, 4) is 0 Å². The van der Waals surface area contributed by atoms with Gasteiger partial charge in [0.1, 0.15) is 0 Å². The van der Waals surface area contributed by atoms with Crippen molar-refractivity contribution in [3.63, 3.8) is 0 Å². The molecule has 0 aromatic rings. The first kappa shape index (κ1) is 20.1. The van der Waals surface area contributed by atoms with Crippen LogP contribution in [0.5, 0.6) is 0 Å². The second-order valence-corrected chi connectivity index (χ2v) is 14.7. The van der Waals surface area contributed by atoms with Gasteiger partial charge in [0, 0.05) is 13.5 Å². The van der Waals surface area contributed by atoms with E-state index in [1.54, 1.807) is 7.11 Å². The third kappa shape index (κ3) is 11.9. The van der Waals surface area contributed by atoms with Gasteiger partial charge in [0.15, 0.2) is 8.32 Å². The molecule has 0 amide bonds. The first-order valence-electron chi connectivity index (χ1n) is 7.29. The highest BCUT2D eigenvalue weighted by molar-refractivity contribution is 6.81. The van der Waals surface area contributed by atoms with Gasteiger partial charge < -0.3 is 8.54 Å². The summed E-state index contributed by atoms with van der Waals surface area (Å²) in [5, 5.41) is 0. The van der Waals surface area contributed by atoms with Gasteiger partial charge in [0.05, 0.1) is 0 Å². The van der Waals surface area contributed by atoms with Crippen LogP contribution in [0.25, 0.3) is 0 Å². The molecule has 0 heterocycles. The predicted octanol–water partition coefficient (Wildman–Crippen LogP) is 5.46. The first-order chi connectivity index (χ1) is 8.97. The van der Waals surface area contributed by atoms with Gasteiger partial charge in [-0.2, -0.15) is 13.2 Å². The zero-order valence-corrected chi connectivity index (χ0v) is 15.4. The average molecular weight is 331 g/mol. The van der Waals surface area contributed by atoms with Gasteiger partial charge in [-0.1, -0.05) is 25.7 Å². The zero-order valence-electron chi connectivity index (χ0n) is 13.4. The van der Waals surface area contributed by atoms with Crippen molar-refractivity contribution in [1.29, 1.82) is 0 Å². The van der Waals surface area contributed by atoms with Crippen LogP contribution in [0.15, 0.2) is 0 Å². The quantitative estimate of drug-likeness (QED) is 0.391. The number of hydrogen-bond acceptors (Lipinski definition) is 2. The highest BCUT2D eigenvalue weighted by Crippen LogP contribution is 2.24. The molecule has 1 atom stereocenters. The smallest absolute Gasteiger partial charge is 0.389 e. The Morgan fingerprint density at radius 2 is 1.35 bits per heavy atom. The summed E-state index contributed by atoms with van der Waals surface area (Å²) < 4.78 is 47.6. The number of unbranched alkanes of at least 4 members (excludes halogenated alkanes) is 4.